The highest BCUT2D eigenvalue weighted by atomic mass is 35.5. The molecule has 4 rings (SSSR count). The molecule has 36 heavy (non-hydrogen) atoms. The van der Waals surface area contributed by atoms with Gasteiger partial charge in [-0.3, -0.25) is 4.79 Å². The highest BCUT2D eigenvalue weighted by Gasteiger charge is 2.32. The number of rotatable bonds is 8. The molecule has 0 saturated carbocycles. The summed E-state index contributed by atoms with van der Waals surface area (Å²) in [7, 11) is -3.52. The van der Waals surface area contributed by atoms with Gasteiger partial charge in [-0.1, -0.05) is 24.6 Å². The number of nitrogens with zero attached hydrogens (tertiary/aromatic N) is 3. The summed E-state index contributed by atoms with van der Waals surface area (Å²) in [6.07, 6.45) is 5.48. The third kappa shape index (κ3) is 5.85. The van der Waals surface area contributed by atoms with Crippen molar-refractivity contribution in [2.75, 3.05) is 31.3 Å². The number of pyridine rings is 1. The zero-order chi connectivity index (χ0) is 25.9. The van der Waals surface area contributed by atoms with Crippen molar-refractivity contribution >= 4 is 27.1 Å². The van der Waals surface area contributed by atoms with Crippen molar-refractivity contribution in [3.8, 4) is 17.3 Å². The average Bonchev–Trinajstić information content (AvgIpc) is 2.85. The first-order valence-electron chi connectivity index (χ1n) is 11.4. The van der Waals surface area contributed by atoms with Crippen LogP contribution in [0.25, 0.3) is 5.69 Å². The maximum atomic E-state index is 14.8. The Kier molecular flexibility index (Phi) is 7.62. The molecule has 0 bridgehead atoms. The van der Waals surface area contributed by atoms with E-state index in [0.717, 1.165) is 16.5 Å². The van der Waals surface area contributed by atoms with E-state index < -0.39 is 21.1 Å². The first kappa shape index (κ1) is 26.1. The van der Waals surface area contributed by atoms with Crippen molar-refractivity contribution in [3.05, 3.63) is 63.7 Å². The van der Waals surface area contributed by atoms with Crippen LogP contribution in [0.3, 0.4) is 0 Å². The minimum absolute atomic E-state index is 0.0172. The lowest BCUT2D eigenvalue weighted by molar-refractivity contribution is -0.0234. The molecule has 1 atom stereocenters. The van der Waals surface area contributed by atoms with E-state index in [9.17, 15) is 17.6 Å². The summed E-state index contributed by atoms with van der Waals surface area (Å²) >= 11 is 6.25. The quantitative estimate of drug-likeness (QED) is 0.460. The molecule has 0 radical (unpaired) electrons. The first-order valence-corrected chi connectivity index (χ1v) is 13.6. The van der Waals surface area contributed by atoms with Gasteiger partial charge in [-0.2, -0.15) is 9.78 Å². The lowest BCUT2D eigenvalue weighted by Gasteiger charge is -2.29. The van der Waals surface area contributed by atoms with Gasteiger partial charge >= 0.3 is 0 Å². The molecule has 3 heterocycles. The van der Waals surface area contributed by atoms with E-state index in [1.807, 2.05) is 6.92 Å². The van der Waals surface area contributed by atoms with E-state index in [1.165, 1.54) is 24.5 Å². The van der Waals surface area contributed by atoms with Gasteiger partial charge in [0.15, 0.2) is 15.5 Å². The number of benzene rings is 1. The molecule has 192 valence electrons. The van der Waals surface area contributed by atoms with E-state index in [-0.39, 0.29) is 40.4 Å². The fourth-order valence-electron chi connectivity index (χ4n) is 3.78. The van der Waals surface area contributed by atoms with E-state index in [2.05, 4.69) is 15.4 Å². The average molecular weight is 537 g/mol. The Bertz CT molecular complexity index is 1410. The molecule has 0 amide bonds. The molecule has 1 fully saturated rings. The summed E-state index contributed by atoms with van der Waals surface area (Å²) in [6, 6.07) is 7.93. The van der Waals surface area contributed by atoms with Gasteiger partial charge in [0, 0.05) is 18.9 Å². The molecule has 1 aliphatic heterocycles. The van der Waals surface area contributed by atoms with Crippen molar-refractivity contribution in [3.63, 3.8) is 0 Å². The molecular formula is C24H26ClFN4O5S. The Morgan fingerprint density at radius 1 is 1.28 bits per heavy atom. The third-order valence-electron chi connectivity index (χ3n) is 5.78. The zero-order valence-electron chi connectivity index (χ0n) is 19.8. The molecular weight excluding hydrogens is 511 g/mol. The first-order chi connectivity index (χ1) is 17.1. The number of halogens is 2. The second kappa shape index (κ2) is 10.5. The Balaban J connectivity index is 1.53. The molecule has 1 saturated heterocycles. The minimum atomic E-state index is -3.52. The highest BCUT2D eigenvalue weighted by molar-refractivity contribution is 7.90. The smallest absolute Gasteiger partial charge is 0.292 e. The monoisotopic (exact) mass is 536 g/mol. The van der Waals surface area contributed by atoms with Gasteiger partial charge < -0.3 is 14.8 Å². The number of sulfone groups is 1. The molecule has 0 spiro atoms. The summed E-state index contributed by atoms with van der Waals surface area (Å²) in [4.78, 5) is 17.0. The summed E-state index contributed by atoms with van der Waals surface area (Å²) < 4.78 is 51.1. The number of hydrogen-bond acceptors (Lipinski definition) is 8. The van der Waals surface area contributed by atoms with E-state index >= 15 is 0 Å². The summed E-state index contributed by atoms with van der Waals surface area (Å²) in [5, 5.41) is 6.84. The fourth-order valence-corrected chi connectivity index (χ4v) is 4.76. The second-order valence-electron chi connectivity index (χ2n) is 8.61. The highest BCUT2D eigenvalue weighted by Crippen LogP contribution is 2.30. The predicted molar refractivity (Wildman–Crippen MR) is 134 cm³/mol. The molecule has 1 N–H and O–H groups in total. The molecule has 12 heteroatoms. The van der Waals surface area contributed by atoms with Crippen molar-refractivity contribution in [2.45, 2.75) is 36.8 Å². The van der Waals surface area contributed by atoms with Crippen LogP contribution < -0.4 is 15.6 Å². The van der Waals surface area contributed by atoms with Crippen LogP contribution in [-0.2, 0) is 21.0 Å². The van der Waals surface area contributed by atoms with Gasteiger partial charge in [0.05, 0.1) is 36.9 Å². The summed E-state index contributed by atoms with van der Waals surface area (Å²) in [5.41, 5.74) is -0.710. The van der Waals surface area contributed by atoms with E-state index in [0.29, 0.717) is 31.6 Å². The van der Waals surface area contributed by atoms with E-state index in [4.69, 9.17) is 21.1 Å². The predicted octanol–water partition coefficient (Wildman–Crippen LogP) is 3.97. The number of aromatic nitrogens is 3. The van der Waals surface area contributed by atoms with Crippen molar-refractivity contribution in [1.29, 1.82) is 0 Å². The standard InChI is InChI=1S/C24H26ClFN4O5S/c1-3-16-5-7-20(36(2,32)33)19(11-16)35-21-8-6-17(12-27-21)30-23(31)22(25)18(13-29-30)28-14-24(26)9-4-10-34-15-24/h5-8,11-13,28H,3-4,9-10,14-15H2,1-2H3/t24-/m0/s1. The Hall–Kier alpha value is -3.02. The Labute approximate surface area is 213 Å². The van der Waals surface area contributed by atoms with Gasteiger partial charge in [0.2, 0.25) is 5.88 Å². The second-order valence-corrected chi connectivity index (χ2v) is 11.0. The number of nitrogens with one attached hydrogen (secondary N) is 1. The van der Waals surface area contributed by atoms with Gasteiger partial charge in [0.1, 0.15) is 15.7 Å². The van der Waals surface area contributed by atoms with Gasteiger partial charge in [-0.05, 0) is 43.0 Å². The van der Waals surface area contributed by atoms with Crippen LogP contribution in [0.5, 0.6) is 11.6 Å². The van der Waals surface area contributed by atoms with Crippen LogP contribution in [0, 0.1) is 0 Å². The van der Waals surface area contributed by atoms with Gasteiger partial charge in [-0.15, -0.1) is 0 Å². The van der Waals surface area contributed by atoms with Crippen LogP contribution in [0.2, 0.25) is 5.02 Å². The maximum absolute atomic E-state index is 14.8. The maximum Gasteiger partial charge on any atom is 0.292 e. The molecule has 1 aromatic carbocycles. The minimum Gasteiger partial charge on any atom is -0.438 e. The number of aryl methyl sites for hydroxylation is 1. The van der Waals surface area contributed by atoms with Crippen LogP contribution in [-0.4, -0.2) is 54.9 Å². The Morgan fingerprint density at radius 3 is 2.72 bits per heavy atom. The normalized spacial score (nSPS) is 18.1. The summed E-state index contributed by atoms with van der Waals surface area (Å²) in [6.45, 7) is 2.41. The SMILES string of the molecule is CCc1ccc(S(C)(=O)=O)c(Oc2ccc(-n3ncc(NC[C@@]4(F)CCCOC4)c(Cl)c3=O)cn2)c1. The number of ether oxygens (including phenoxy) is 2. The van der Waals surface area contributed by atoms with Crippen LogP contribution in [0.15, 0.2) is 52.4 Å². The lowest BCUT2D eigenvalue weighted by Crippen LogP contribution is -2.40. The molecule has 1 aliphatic rings. The summed E-state index contributed by atoms with van der Waals surface area (Å²) in [5.74, 6) is 0.303. The Morgan fingerprint density at radius 2 is 2.08 bits per heavy atom. The number of alkyl halides is 1. The van der Waals surface area contributed by atoms with Gasteiger partial charge in [-0.25, -0.2) is 17.8 Å². The number of anilines is 1. The van der Waals surface area contributed by atoms with Crippen molar-refractivity contribution < 1.29 is 22.3 Å². The molecule has 2 aromatic heterocycles. The molecule has 9 nitrogen and oxygen atoms in total. The molecule has 0 aliphatic carbocycles. The molecule has 0 unspecified atom stereocenters. The third-order valence-corrected chi connectivity index (χ3v) is 7.29. The van der Waals surface area contributed by atoms with Crippen molar-refractivity contribution in [2.24, 2.45) is 0 Å². The lowest BCUT2D eigenvalue weighted by atomic mass is 9.99. The largest absolute Gasteiger partial charge is 0.438 e. The topological polar surface area (TPSA) is 112 Å². The van der Waals surface area contributed by atoms with Gasteiger partial charge in [0.25, 0.3) is 5.56 Å². The molecule has 3 aromatic rings. The van der Waals surface area contributed by atoms with Crippen LogP contribution >= 0.6 is 11.6 Å². The zero-order valence-corrected chi connectivity index (χ0v) is 21.4. The van der Waals surface area contributed by atoms with E-state index in [1.54, 1.807) is 18.2 Å². The van der Waals surface area contributed by atoms with Crippen LogP contribution in [0.1, 0.15) is 25.3 Å². The van der Waals surface area contributed by atoms with Crippen LogP contribution in [0.4, 0.5) is 10.1 Å². The number of hydrogen-bond donors (Lipinski definition) is 1. The van der Waals surface area contributed by atoms with Crippen molar-refractivity contribution in [1.82, 2.24) is 14.8 Å². The fraction of sp³-hybridized carbons (Fsp3) is 0.375.